The van der Waals surface area contributed by atoms with Gasteiger partial charge in [-0.1, -0.05) is 95.3 Å². The number of rotatable bonds is 11. The predicted molar refractivity (Wildman–Crippen MR) is 249 cm³/mol. The number of hydrogen-bond acceptors (Lipinski definition) is 8. The number of fused-ring (bicyclic) bond motifs is 3. The topological polar surface area (TPSA) is 190 Å². The minimum absolute atomic E-state index is 0.0998. The van der Waals surface area contributed by atoms with Gasteiger partial charge in [0.2, 0.25) is 11.8 Å². The van der Waals surface area contributed by atoms with Gasteiger partial charge in [0.25, 0.3) is 0 Å². The lowest BCUT2D eigenvalue weighted by Gasteiger charge is -2.36. The lowest BCUT2D eigenvalue weighted by molar-refractivity contribution is -0.138. The van der Waals surface area contributed by atoms with Gasteiger partial charge < -0.3 is 44.9 Å². The van der Waals surface area contributed by atoms with Crippen LogP contribution in [0, 0.1) is 23.2 Å². The largest absolute Gasteiger partial charge is 0.453 e. The maximum Gasteiger partial charge on any atom is 0.407 e. The Morgan fingerprint density at radius 1 is 0.652 bits per heavy atom. The van der Waals surface area contributed by atoms with E-state index in [4.69, 9.17) is 19.4 Å². The van der Waals surface area contributed by atoms with Gasteiger partial charge in [0.15, 0.2) is 0 Å². The van der Waals surface area contributed by atoms with Crippen LogP contribution in [0.5, 0.6) is 0 Å². The Labute approximate surface area is 383 Å². The van der Waals surface area contributed by atoms with E-state index in [1.807, 2.05) is 63.0 Å². The Morgan fingerprint density at radius 3 is 1.65 bits per heavy atom. The standard InChI is InChI=1S/C51H57N9O6/c1-26(2)42(57-49(63)65-6)47(61)59-38-20-31(38)22-40(59)45-53-24-37(55-45)30-14-10-28(11-15-30)34-17-16-33(35-18-19-52-43(34)35)27-8-12-29(13-9-27)36-25-54-46(56-36)41-23-32-21-39(32)60(41)48(62)44(51(3,4)5)58-50(64)66-7/h8-19,24-26,31-32,38-42,44,52H,20-23H2,1-7H3,(H,53,55)(H,54,56)(H,57,63)(H,58,64)/t31-,32-,38-,39?,40+,41+,42+,44-/m1/s1. The number of imidazole rings is 2. The number of aromatic amines is 3. The van der Waals surface area contributed by atoms with Gasteiger partial charge in [0.1, 0.15) is 23.7 Å². The minimum Gasteiger partial charge on any atom is -0.453 e. The molecular weight excluding hydrogens is 835 g/mol. The molecule has 2 aliphatic heterocycles. The van der Waals surface area contributed by atoms with E-state index in [2.05, 4.69) is 92.3 Å². The van der Waals surface area contributed by atoms with Crippen molar-refractivity contribution in [3.8, 4) is 44.8 Å². The van der Waals surface area contributed by atoms with Crippen molar-refractivity contribution in [2.24, 2.45) is 23.2 Å². The number of benzene rings is 3. The molecule has 2 saturated heterocycles. The Bertz CT molecular complexity index is 2820. The molecule has 1 unspecified atom stereocenters. The molecule has 15 nitrogen and oxygen atoms in total. The SMILES string of the molecule is COC(=O)N[C@H](C(=O)N1[C@@H]2C[C@@H]2C[C@H]1c1ncc(-c2ccc(-c3ccc(-c4ccc(-c5cnc([C@@H]6C[C@H]7CC7N6C(=O)[C@@H](NC(=O)OC)C(C)(C)C)[nH]5)cc4)c4cc[nH]c34)cc2)[nH]1)C(C)C. The first-order valence-corrected chi connectivity index (χ1v) is 23.0. The van der Waals surface area contributed by atoms with Gasteiger partial charge in [-0.25, -0.2) is 19.6 Å². The molecule has 3 aromatic carbocycles. The Hall–Kier alpha value is -6.90. The van der Waals surface area contributed by atoms with Crippen molar-refractivity contribution >= 4 is 34.9 Å². The molecule has 15 heteroatoms. The quantitative estimate of drug-likeness (QED) is 0.0853. The number of likely N-dealkylation sites (tertiary alicyclic amines) is 2. The molecule has 8 atom stereocenters. The molecule has 0 radical (unpaired) electrons. The summed E-state index contributed by atoms with van der Waals surface area (Å²) >= 11 is 0. The predicted octanol–water partition coefficient (Wildman–Crippen LogP) is 8.76. The van der Waals surface area contributed by atoms with Gasteiger partial charge in [-0.3, -0.25) is 9.59 Å². The smallest absolute Gasteiger partial charge is 0.407 e. The van der Waals surface area contributed by atoms with E-state index in [1.165, 1.54) is 14.2 Å². The normalized spacial score (nSPS) is 22.7. The number of ether oxygens (including phenoxy) is 2. The number of carbonyl (C=O) groups excluding carboxylic acids is 4. The van der Waals surface area contributed by atoms with E-state index in [-0.39, 0.29) is 41.9 Å². The summed E-state index contributed by atoms with van der Waals surface area (Å²) in [6, 6.07) is 21.8. The Kier molecular flexibility index (Phi) is 10.8. The van der Waals surface area contributed by atoms with Crippen LogP contribution in [0.15, 0.2) is 85.3 Å². The maximum atomic E-state index is 14.1. The van der Waals surface area contributed by atoms with Crippen LogP contribution >= 0.6 is 0 Å². The highest BCUT2D eigenvalue weighted by Gasteiger charge is 2.58. The number of carbonyl (C=O) groups is 4. The molecule has 66 heavy (non-hydrogen) atoms. The number of piperidine rings is 2. The average molecular weight is 892 g/mol. The van der Waals surface area contributed by atoms with E-state index in [1.54, 1.807) is 0 Å². The van der Waals surface area contributed by atoms with Gasteiger partial charge in [-0.15, -0.1) is 0 Å². The van der Waals surface area contributed by atoms with Crippen LogP contribution in [0.25, 0.3) is 55.7 Å². The molecule has 4 amide bonds. The number of nitrogens with one attached hydrogen (secondary N) is 5. The lowest BCUT2D eigenvalue weighted by atomic mass is 9.85. The van der Waals surface area contributed by atoms with E-state index in [0.717, 1.165) is 93.0 Å². The summed E-state index contributed by atoms with van der Waals surface area (Å²) in [5.74, 6) is 2.06. The van der Waals surface area contributed by atoms with Crippen molar-refractivity contribution in [1.29, 1.82) is 0 Å². The van der Waals surface area contributed by atoms with Crippen LogP contribution in [-0.4, -0.2) is 97.1 Å². The number of aromatic nitrogens is 5. The van der Waals surface area contributed by atoms with Crippen LogP contribution in [0.2, 0.25) is 0 Å². The highest BCUT2D eigenvalue weighted by atomic mass is 16.5. The molecule has 5 N–H and O–H groups in total. The van der Waals surface area contributed by atoms with Crippen LogP contribution in [0.3, 0.4) is 0 Å². The second kappa shape index (κ2) is 16.5. The Balaban J connectivity index is 0.834. The number of amides is 4. The summed E-state index contributed by atoms with van der Waals surface area (Å²) in [7, 11) is 2.61. The number of hydrogen-bond donors (Lipinski definition) is 5. The van der Waals surface area contributed by atoms with E-state index >= 15 is 0 Å². The molecule has 2 aliphatic carbocycles. The van der Waals surface area contributed by atoms with Gasteiger partial charge >= 0.3 is 12.2 Å². The molecular formula is C51H57N9O6. The van der Waals surface area contributed by atoms with Crippen molar-refractivity contribution < 1.29 is 28.7 Å². The van der Waals surface area contributed by atoms with Crippen LogP contribution < -0.4 is 10.6 Å². The van der Waals surface area contributed by atoms with Crippen LogP contribution in [0.1, 0.15) is 84.0 Å². The maximum absolute atomic E-state index is 14.1. The number of alkyl carbamates (subject to hydrolysis) is 2. The van der Waals surface area contributed by atoms with E-state index in [9.17, 15) is 19.2 Å². The van der Waals surface area contributed by atoms with Crippen molar-refractivity contribution in [2.45, 2.75) is 96.6 Å². The van der Waals surface area contributed by atoms with E-state index in [0.29, 0.717) is 11.8 Å². The molecule has 0 bridgehead atoms. The Morgan fingerprint density at radius 2 is 1.14 bits per heavy atom. The number of H-pyrrole nitrogens is 3. The first kappa shape index (κ1) is 43.0. The second-order valence-electron chi connectivity index (χ2n) is 19.9. The minimum atomic E-state index is -0.734. The lowest BCUT2D eigenvalue weighted by Crippen LogP contribution is -2.55. The van der Waals surface area contributed by atoms with E-state index < -0.39 is 29.7 Å². The molecule has 342 valence electrons. The zero-order valence-electron chi connectivity index (χ0n) is 38.3. The molecule has 0 spiro atoms. The fourth-order valence-corrected chi connectivity index (χ4v) is 10.5. The second-order valence-corrected chi connectivity index (χ2v) is 19.9. The third-order valence-corrected chi connectivity index (χ3v) is 14.2. The zero-order chi connectivity index (χ0) is 46.2. The van der Waals surface area contributed by atoms with Crippen molar-refractivity contribution in [3.05, 3.63) is 97.0 Å². The molecule has 2 saturated carbocycles. The molecule has 4 aliphatic rings. The summed E-state index contributed by atoms with van der Waals surface area (Å²) in [5, 5.41) is 6.65. The molecule has 5 heterocycles. The molecule has 4 fully saturated rings. The highest BCUT2D eigenvalue weighted by Crippen LogP contribution is 2.55. The summed E-state index contributed by atoms with van der Waals surface area (Å²) in [4.78, 5) is 76.3. The first-order chi connectivity index (χ1) is 31.7. The van der Waals surface area contributed by atoms with Gasteiger partial charge in [-0.05, 0) is 82.7 Å². The average Bonchev–Trinajstić information content (AvgIpc) is 3.77. The van der Waals surface area contributed by atoms with Gasteiger partial charge in [0.05, 0.1) is 55.6 Å². The summed E-state index contributed by atoms with van der Waals surface area (Å²) in [6.07, 6.45) is 8.03. The van der Waals surface area contributed by atoms with Crippen molar-refractivity contribution in [3.63, 3.8) is 0 Å². The monoisotopic (exact) mass is 891 g/mol. The number of nitrogens with zero attached hydrogens (tertiary/aromatic N) is 4. The van der Waals surface area contributed by atoms with Gasteiger partial charge in [0, 0.05) is 29.2 Å². The van der Waals surface area contributed by atoms with Crippen molar-refractivity contribution in [1.82, 2.24) is 45.4 Å². The molecule has 10 rings (SSSR count). The van der Waals surface area contributed by atoms with Crippen LogP contribution in [-0.2, 0) is 19.1 Å². The van der Waals surface area contributed by atoms with Gasteiger partial charge in [-0.2, -0.15) is 0 Å². The summed E-state index contributed by atoms with van der Waals surface area (Å²) in [6.45, 7) is 9.68. The summed E-state index contributed by atoms with van der Waals surface area (Å²) < 4.78 is 9.68. The molecule has 3 aromatic heterocycles. The molecule has 6 aromatic rings. The first-order valence-electron chi connectivity index (χ1n) is 23.0. The number of methoxy groups -OCH3 is 2. The van der Waals surface area contributed by atoms with Crippen LogP contribution in [0.4, 0.5) is 9.59 Å². The summed E-state index contributed by atoms with van der Waals surface area (Å²) in [5.41, 5.74) is 8.61. The fourth-order valence-electron chi connectivity index (χ4n) is 10.5. The highest BCUT2D eigenvalue weighted by molar-refractivity contribution is 6.03. The third-order valence-electron chi connectivity index (χ3n) is 14.2. The van der Waals surface area contributed by atoms with Crippen molar-refractivity contribution in [2.75, 3.05) is 14.2 Å². The zero-order valence-corrected chi connectivity index (χ0v) is 38.3. The third kappa shape index (κ3) is 7.77. The fraction of sp³-hybridized carbons (Fsp3) is 0.412.